The molecule has 2 rings (SSSR count). The number of methoxy groups -OCH3 is 1. The summed E-state index contributed by atoms with van der Waals surface area (Å²) in [7, 11) is 1.29. The van der Waals surface area contributed by atoms with Crippen molar-refractivity contribution in [3.8, 4) is 6.07 Å². The fourth-order valence-corrected chi connectivity index (χ4v) is 3.84. The summed E-state index contributed by atoms with van der Waals surface area (Å²) in [5.74, 6) is -1.46. The Hall–Kier alpha value is -2.15. The number of Topliss-reactive ketones (excluding diaryl/α,β-unsaturated/α-hetero) is 1. The first-order valence-electron chi connectivity index (χ1n) is 9.15. The maximum atomic E-state index is 12.2. The zero-order valence-electron chi connectivity index (χ0n) is 15.4. The van der Waals surface area contributed by atoms with Gasteiger partial charge in [-0.3, -0.25) is 9.59 Å². The third-order valence-corrected chi connectivity index (χ3v) is 5.19. The van der Waals surface area contributed by atoms with Gasteiger partial charge >= 0.3 is 5.97 Å². The smallest absolute Gasteiger partial charge is 0.316 e. The minimum atomic E-state index is -0.831. The minimum absolute atomic E-state index is 0.112. The van der Waals surface area contributed by atoms with Crippen LogP contribution in [0.1, 0.15) is 62.6 Å². The van der Waals surface area contributed by atoms with Crippen molar-refractivity contribution in [3.05, 3.63) is 34.9 Å². The van der Waals surface area contributed by atoms with Crippen molar-refractivity contribution in [2.24, 2.45) is 5.92 Å². The number of ketones is 1. The molecule has 0 bridgehead atoms. The second-order valence-electron chi connectivity index (χ2n) is 6.93. The van der Waals surface area contributed by atoms with Gasteiger partial charge in [0.2, 0.25) is 0 Å². The van der Waals surface area contributed by atoms with E-state index in [0.717, 1.165) is 36.8 Å². The van der Waals surface area contributed by atoms with Gasteiger partial charge in [0.25, 0.3) is 0 Å². The van der Waals surface area contributed by atoms with Crippen LogP contribution in [0, 0.1) is 17.2 Å². The van der Waals surface area contributed by atoms with Crippen LogP contribution in [0.3, 0.4) is 0 Å². The van der Waals surface area contributed by atoms with Crippen molar-refractivity contribution in [2.45, 2.75) is 64.2 Å². The molecule has 0 amide bonds. The molecular formula is C21H27NO3. The molecule has 1 aromatic rings. The summed E-state index contributed by atoms with van der Waals surface area (Å²) in [6, 6.07) is 8.85. The predicted octanol–water partition coefficient (Wildman–Crippen LogP) is 3.90. The van der Waals surface area contributed by atoms with Crippen molar-refractivity contribution in [2.75, 3.05) is 7.11 Å². The fraction of sp³-hybridized carbons (Fsp3) is 0.571. The number of rotatable bonds is 6. The molecule has 4 nitrogen and oxygen atoms in total. The highest BCUT2D eigenvalue weighted by molar-refractivity contribution is 6.00. The van der Waals surface area contributed by atoms with E-state index >= 15 is 0 Å². The highest BCUT2D eigenvalue weighted by Crippen LogP contribution is 2.42. The minimum Gasteiger partial charge on any atom is -0.468 e. The standard InChI is InChI=1S/C21H27NO3/c1-4-6-15-8-9-16(7-5-2)18(12-15)21(14-22)11-10-19(23)17(13-21)20(24)25-3/h8-9,12,17H,4-7,10-11,13H2,1-3H3. The van der Waals surface area contributed by atoms with Gasteiger partial charge in [-0.25, -0.2) is 0 Å². The van der Waals surface area contributed by atoms with Crippen molar-refractivity contribution < 1.29 is 14.3 Å². The molecule has 25 heavy (non-hydrogen) atoms. The summed E-state index contributed by atoms with van der Waals surface area (Å²) in [6.07, 6.45) is 4.82. The first-order valence-corrected chi connectivity index (χ1v) is 9.15. The Labute approximate surface area is 150 Å². The van der Waals surface area contributed by atoms with Gasteiger partial charge in [0.05, 0.1) is 18.6 Å². The normalized spacial score (nSPS) is 23.1. The van der Waals surface area contributed by atoms with Crippen molar-refractivity contribution in [1.29, 1.82) is 5.26 Å². The first kappa shape index (κ1) is 19.2. The Kier molecular flexibility index (Phi) is 6.36. The number of nitrogens with zero attached hydrogens (tertiary/aromatic N) is 1. The number of carbonyl (C=O) groups is 2. The molecule has 1 saturated carbocycles. The lowest BCUT2D eigenvalue weighted by Gasteiger charge is -2.35. The maximum absolute atomic E-state index is 12.2. The van der Waals surface area contributed by atoms with Crippen LogP contribution in [-0.2, 0) is 32.6 Å². The van der Waals surface area contributed by atoms with Crippen LogP contribution in [-0.4, -0.2) is 18.9 Å². The fourth-order valence-electron chi connectivity index (χ4n) is 3.84. The molecule has 1 fully saturated rings. The molecule has 0 saturated heterocycles. The Morgan fingerprint density at radius 2 is 2.04 bits per heavy atom. The van der Waals surface area contributed by atoms with E-state index in [9.17, 15) is 14.9 Å². The number of hydrogen-bond acceptors (Lipinski definition) is 4. The van der Waals surface area contributed by atoms with E-state index in [2.05, 4.69) is 38.1 Å². The van der Waals surface area contributed by atoms with Crippen LogP contribution in [0.15, 0.2) is 18.2 Å². The molecule has 0 heterocycles. The van der Waals surface area contributed by atoms with Crippen molar-refractivity contribution in [1.82, 2.24) is 0 Å². The molecular weight excluding hydrogens is 314 g/mol. The molecule has 0 radical (unpaired) electrons. The Bertz CT molecular complexity index is 681. The molecule has 2 unspecified atom stereocenters. The average molecular weight is 341 g/mol. The van der Waals surface area contributed by atoms with Gasteiger partial charge in [0.15, 0.2) is 0 Å². The Morgan fingerprint density at radius 1 is 1.32 bits per heavy atom. The molecule has 0 N–H and O–H groups in total. The molecule has 4 heteroatoms. The lowest BCUT2D eigenvalue weighted by atomic mass is 9.64. The quantitative estimate of drug-likeness (QED) is 0.581. The van der Waals surface area contributed by atoms with E-state index < -0.39 is 17.3 Å². The van der Waals surface area contributed by atoms with Crippen LogP contribution in [0.4, 0.5) is 0 Å². The van der Waals surface area contributed by atoms with Crippen LogP contribution in [0.25, 0.3) is 0 Å². The van der Waals surface area contributed by atoms with Gasteiger partial charge in [-0.2, -0.15) is 5.26 Å². The number of aryl methyl sites for hydroxylation is 2. The molecule has 1 aromatic carbocycles. The van der Waals surface area contributed by atoms with Gasteiger partial charge in [-0.05, 0) is 42.4 Å². The third kappa shape index (κ3) is 3.92. The van der Waals surface area contributed by atoms with Gasteiger partial charge in [0, 0.05) is 6.42 Å². The summed E-state index contributed by atoms with van der Waals surface area (Å²) in [4.78, 5) is 24.2. The summed E-state index contributed by atoms with van der Waals surface area (Å²) < 4.78 is 4.80. The number of esters is 1. The second-order valence-corrected chi connectivity index (χ2v) is 6.93. The SMILES string of the molecule is CCCc1ccc(CCC)c(C2(C#N)CCC(=O)C(C(=O)OC)C2)c1. The predicted molar refractivity (Wildman–Crippen MR) is 96.1 cm³/mol. The lowest BCUT2D eigenvalue weighted by Crippen LogP contribution is -2.41. The first-order chi connectivity index (χ1) is 12.0. The van der Waals surface area contributed by atoms with Crippen LogP contribution in [0.2, 0.25) is 0 Å². The molecule has 1 aliphatic rings. The molecule has 0 aromatic heterocycles. The highest BCUT2D eigenvalue weighted by atomic mass is 16.5. The Balaban J connectivity index is 2.51. The van der Waals surface area contributed by atoms with Crippen molar-refractivity contribution in [3.63, 3.8) is 0 Å². The lowest BCUT2D eigenvalue weighted by molar-refractivity contribution is -0.151. The van der Waals surface area contributed by atoms with E-state index in [0.29, 0.717) is 6.42 Å². The molecule has 2 atom stereocenters. The van der Waals surface area contributed by atoms with Gasteiger partial charge in [-0.15, -0.1) is 0 Å². The zero-order chi connectivity index (χ0) is 18.4. The van der Waals surface area contributed by atoms with Gasteiger partial charge < -0.3 is 4.74 Å². The van der Waals surface area contributed by atoms with Crippen LogP contribution in [0.5, 0.6) is 0 Å². The van der Waals surface area contributed by atoms with Gasteiger partial charge in [0.1, 0.15) is 11.7 Å². The van der Waals surface area contributed by atoms with Crippen LogP contribution < -0.4 is 0 Å². The van der Waals surface area contributed by atoms with E-state index in [1.54, 1.807) is 0 Å². The van der Waals surface area contributed by atoms with E-state index in [4.69, 9.17) is 4.74 Å². The monoisotopic (exact) mass is 341 g/mol. The van der Waals surface area contributed by atoms with E-state index in [1.807, 2.05) is 0 Å². The van der Waals surface area contributed by atoms with E-state index in [-0.39, 0.29) is 18.6 Å². The number of carbonyl (C=O) groups excluding carboxylic acids is 2. The van der Waals surface area contributed by atoms with E-state index in [1.165, 1.54) is 12.7 Å². The van der Waals surface area contributed by atoms with Crippen molar-refractivity contribution >= 4 is 11.8 Å². The molecule has 1 aliphatic carbocycles. The summed E-state index contributed by atoms with van der Waals surface area (Å²) in [6.45, 7) is 4.25. The number of hydrogen-bond donors (Lipinski definition) is 0. The second kappa shape index (κ2) is 8.29. The summed E-state index contributed by atoms with van der Waals surface area (Å²) in [5, 5.41) is 10.1. The van der Waals surface area contributed by atoms with Crippen LogP contribution >= 0.6 is 0 Å². The molecule has 134 valence electrons. The Morgan fingerprint density at radius 3 is 2.64 bits per heavy atom. The number of ether oxygens (including phenoxy) is 1. The largest absolute Gasteiger partial charge is 0.468 e. The third-order valence-electron chi connectivity index (χ3n) is 5.19. The molecule has 0 spiro atoms. The highest BCUT2D eigenvalue weighted by Gasteiger charge is 2.46. The average Bonchev–Trinajstić information content (AvgIpc) is 2.63. The number of benzene rings is 1. The zero-order valence-corrected chi connectivity index (χ0v) is 15.4. The number of nitriles is 1. The van der Waals surface area contributed by atoms with Gasteiger partial charge in [-0.1, -0.05) is 44.9 Å². The topological polar surface area (TPSA) is 67.2 Å². The maximum Gasteiger partial charge on any atom is 0.316 e. The molecule has 0 aliphatic heterocycles. The summed E-state index contributed by atoms with van der Waals surface area (Å²) in [5.41, 5.74) is 2.57. The summed E-state index contributed by atoms with van der Waals surface area (Å²) >= 11 is 0.